The number of benzene rings is 2. The van der Waals surface area contributed by atoms with Gasteiger partial charge in [0.25, 0.3) is 5.91 Å². The lowest BCUT2D eigenvalue weighted by atomic mass is 9.77. The molecule has 0 radical (unpaired) electrons. The lowest BCUT2D eigenvalue weighted by molar-refractivity contribution is -0.111. The molecule has 1 atom stereocenters. The number of anilines is 1. The second kappa shape index (κ2) is 7.91. The molecule has 0 fully saturated rings. The molecule has 0 bridgehead atoms. The molecule has 0 aliphatic heterocycles. The largest absolute Gasteiger partial charge is 0.390 e. The first-order valence-electron chi connectivity index (χ1n) is 10.5. The van der Waals surface area contributed by atoms with Crippen LogP contribution in [0.25, 0.3) is 22.0 Å². The summed E-state index contributed by atoms with van der Waals surface area (Å²) in [5.74, 6) is -1.53. The maximum absolute atomic E-state index is 14.3. The van der Waals surface area contributed by atoms with Crippen LogP contribution in [-0.4, -0.2) is 27.5 Å². The third kappa shape index (κ3) is 3.80. The van der Waals surface area contributed by atoms with Crippen molar-refractivity contribution in [2.75, 3.05) is 5.32 Å². The predicted molar refractivity (Wildman–Crippen MR) is 123 cm³/mol. The average molecular weight is 435 g/mol. The van der Waals surface area contributed by atoms with E-state index in [1.54, 1.807) is 24.3 Å². The number of halogens is 1. The van der Waals surface area contributed by atoms with Gasteiger partial charge in [0.15, 0.2) is 0 Å². The average Bonchev–Trinajstić information content (AvgIpc) is 3.12. The minimum Gasteiger partial charge on any atom is -0.390 e. The zero-order valence-electron chi connectivity index (χ0n) is 18.1. The number of primary amides is 1. The summed E-state index contributed by atoms with van der Waals surface area (Å²) in [7, 11) is 0. The van der Waals surface area contributed by atoms with E-state index in [4.69, 9.17) is 5.73 Å². The molecule has 1 aliphatic carbocycles. The Kier molecular flexibility index (Phi) is 5.38. The van der Waals surface area contributed by atoms with Crippen molar-refractivity contribution < 1.29 is 19.1 Å². The van der Waals surface area contributed by atoms with E-state index < -0.39 is 23.2 Å². The molecule has 1 unspecified atom stereocenters. The number of fused-ring (bicyclic) bond motifs is 3. The normalized spacial score (nSPS) is 15.9. The SMILES string of the molecule is C=CC(=O)Nc1cc(-c2ccc(C(N)=O)c3[nH]c4c(c23)CCC(C(C)(C)O)C4)ccc1F. The summed E-state index contributed by atoms with van der Waals surface area (Å²) in [5.41, 5.74) is 9.40. The molecule has 7 heteroatoms. The summed E-state index contributed by atoms with van der Waals surface area (Å²) in [6, 6.07) is 7.95. The van der Waals surface area contributed by atoms with Gasteiger partial charge in [-0.05, 0) is 80.0 Å². The van der Waals surface area contributed by atoms with Crippen LogP contribution in [0.15, 0.2) is 43.0 Å². The van der Waals surface area contributed by atoms with Crippen LogP contribution in [0.2, 0.25) is 0 Å². The van der Waals surface area contributed by atoms with Crippen LogP contribution < -0.4 is 11.1 Å². The van der Waals surface area contributed by atoms with Crippen molar-refractivity contribution in [3.05, 3.63) is 65.6 Å². The molecule has 0 spiro atoms. The number of H-pyrrole nitrogens is 1. The number of rotatable bonds is 5. The first-order chi connectivity index (χ1) is 15.1. The molecule has 2 amide bonds. The van der Waals surface area contributed by atoms with Crippen molar-refractivity contribution in [1.82, 2.24) is 4.98 Å². The molecule has 4 rings (SSSR count). The minimum atomic E-state index is -0.820. The highest BCUT2D eigenvalue weighted by Gasteiger charge is 2.33. The van der Waals surface area contributed by atoms with Crippen LogP contribution in [0.5, 0.6) is 0 Å². The molecule has 5 N–H and O–H groups in total. The van der Waals surface area contributed by atoms with Gasteiger partial charge in [0.2, 0.25) is 5.91 Å². The quantitative estimate of drug-likeness (QED) is 0.454. The van der Waals surface area contributed by atoms with Gasteiger partial charge in [-0.25, -0.2) is 4.39 Å². The molecule has 6 nitrogen and oxygen atoms in total. The highest BCUT2D eigenvalue weighted by atomic mass is 19.1. The lowest BCUT2D eigenvalue weighted by Gasteiger charge is -2.32. The number of amides is 2. The van der Waals surface area contributed by atoms with Crippen LogP contribution in [0.4, 0.5) is 10.1 Å². The zero-order valence-corrected chi connectivity index (χ0v) is 18.1. The fourth-order valence-electron chi connectivity index (χ4n) is 4.56. The first-order valence-corrected chi connectivity index (χ1v) is 10.5. The first kappa shape index (κ1) is 21.8. The second-order valence-electron chi connectivity index (χ2n) is 8.84. The molecular weight excluding hydrogens is 409 g/mol. The summed E-state index contributed by atoms with van der Waals surface area (Å²) >= 11 is 0. The fraction of sp³-hybridized carbons (Fsp3) is 0.280. The van der Waals surface area contributed by atoms with E-state index in [2.05, 4.69) is 16.9 Å². The Balaban J connectivity index is 1.91. The van der Waals surface area contributed by atoms with E-state index in [9.17, 15) is 19.1 Å². The maximum atomic E-state index is 14.3. The number of aliphatic hydroxyl groups is 1. The van der Waals surface area contributed by atoms with Crippen LogP contribution in [0, 0.1) is 11.7 Å². The van der Waals surface area contributed by atoms with Gasteiger partial charge in [0.1, 0.15) is 5.82 Å². The highest BCUT2D eigenvalue weighted by Crippen LogP contribution is 2.41. The fourth-order valence-corrected chi connectivity index (χ4v) is 4.56. The molecule has 0 saturated heterocycles. The summed E-state index contributed by atoms with van der Waals surface area (Å²) in [6.07, 6.45) is 3.25. The van der Waals surface area contributed by atoms with Gasteiger partial charge in [-0.3, -0.25) is 9.59 Å². The van der Waals surface area contributed by atoms with Crippen LogP contribution >= 0.6 is 0 Å². The van der Waals surface area contributed by atoms with Gasteiger partial charge in [-0.15, -0.1) is 0 Å². The molecule has 1 aromatic heterocycles. The van der Waals surface area contributed by atoms with Gasteiger partial charge in [-0.2, -0.15) is 0 Å². The van der Waals surface area contributed by atoms with Gasteiger partial charge in [0, 0.05) is 11.1 Å². The summed E-state index contributed by atoms with van der Waals surface area (Å²) in [6.45, 7) is 7.02. The van der Waals surface area contributed by atoms with Crippen molar-refractivity contribution in [1.29, 1.82) is 0 Å². The number of nitrogens with one attached hydrogen (secondary N) is 2. The zero-order chi connectivity index (χ0) is 23.2. The smallest absolute Gasteiger partial charge is 0.250 e. The van der Waals surface area contributed by atoms with Crippen LogP contribution in [0.3, 0.4) is 0 Å². The van der Waals surface area contributed by atoms with Crippen LogP contribution in [0.1, 0.15) is 41.9 Å². The van der Waals surface area contributed by atoms with Gasteiger partial charge in [0.05, 0.1) is 22.4 Å². The molecular formula is C25H26FN3O3. The minimum absolute atomic E-state index is 0.0472. The Morgan fingerprint density at radius 1 is 1.31 bits per heavy atom. The van der Waals surface area contributed by atoms with E-state index in [1.807, 2.05) is 13.8 Å². The molecule has 2 aromatic carbocycles. The number of hydrogen-bond acceptors (Lipinski definition) is 3. The van der Waals surface area contributed by atoms with E-state index in [0.717, 1.165) is 41.1 Å². The summed E-state index contributed by atoms with van der Waals surface area (Å²) < 4.78 is 14.3. The lowest BCUT2D eigenvalue weighted by Crippen LogP contribution is -2.34. The summed E-state index contributed by atoms with van der Waals surface area (Å²) in [5, 5.41) is 13.8. The van der Waals surface area contributed by atoms with Crippen LogP contribution in [-0.2, 0) is 17.6 Å². The van der Waals surface area contributed by atoms with E-state index >= 15 is 0 Å². The number of aryl methyl sites for hydroxylation is 1. The molecule has 1 aliphatic rings. The van der Waals surface area contributed by atoms with Crippen molar-refractivity contribution >= 4 is 28.4 Å². The number of carbonyl (C=O) groups excluding carboxylic acids is 2. The molecule has 0 saturated carbocycles. The predicted octanol–water partition coefficient (Wildman–Crippen LogP) is 4.07. The maximum Gasteiger partial charge on any atom is 0.250 e. The third-order valence-electron chi connectivity index (χ3n) is 6.33. The Hall–Kier alpha value is -3.45. The highest BCUT2D eigenvalue weighted by molar-refractivity contribution is 6.11. The van der Waals surface area contributed by atoms with Crippen molar-refractivity contribution in [3.8, 4) is 11.1 Å². The van der Waals surface area contributed by atoms with Gasteiger partial charge < -0.3 is 21.1 Å². The Morgan fingerprint density at radius 2 is 2.06 bits per heavy atom. The summed E-state index contributed by atoms with van der Waals surface area (Å²) in [4.78, 5) is 27.2. The Labute approximate surface area is 185 Å². The number of carbonyl (C=O) groups is 2. The third-order valence-corrected chi connectivity index (χ3v) is 6.33. The number of hydrogen-bond donors (Lipinski definition) is 4. The van der Waals surface area contributed by atoms with E-state index in [1.165, 1.54) is 6.07 Å². The Morgan fingerprint density at radius 3 is 2.72 bits per heavy atom. The number of nitrogens with two attached hydrogens (primary N) is 1. The molecule has 166 valence electrons. The standard InChI is InChI=1S/C25H26FN3O3/c1-4-21(30)28-20-11-13(5-10-18(20)26)15-8-9-17(24(27)31)23-22(15)16-7-6-14(25(2,3)32)12-19(16)29-23/h4-5,8-11,14,29,32H,1,6-7,12H2,2-3H3,(H2,27,31)(H,28,30). The molecule has 32 heavy (non-hydrogen) atoms. The Bertz CT molecular complexity index is 1250. The second-order valence-corrected chi connectivity index (χ2v) is 8.84. The van der Waals surface area contributed by atoms with Crippen molar-refractivity contribution in [2.24, 2.45) is 11.7 Å². The number of aromatic amines is 1. The van der Waals surface area contributed by atoms with Crippen molar-refractivity contribution in [2.45, 2.75) is 38.7 Å². The topological polar surface area (TPSA) is 108 Å². The molecule has 1 heterocycles. The monoisotopic (exact) mass is 435 g/mol. The van der Waals surface area contributed by atoms with Gasteiger partial charge >= 0.3 is 0 Å². The van der Waals surface area contributed by atoms with E-state index in [-0.39, 0.29) is 11.6 Å². The number of aromatic nitrogens is 1. The van der Waals surface area contributed by atoms with E-state index in [0.29, 0.717) is 23.1 Å². The molecule has 3 aromatic rings. The van der Waals surface area contributed by atoms with Crippen molar-refractivity contribution in [3.63, 3.8) is 0 Å². The van der Waals surface area contributed by atoms with Gasteiger partial charge in [-0.1, -0.05) is 18.7 Å².